The van der Waals surface area contributed by atoms with Gasteiger partial charge in [0.1, 0.15) is 0 Å². The predicted octanol–water partition coefficient (Wildman–Crippen LogP) is 4.40. The Balaban J connectivity index is 1.62. The zero-order valence-electron chi connectivity index (χ0n) is 14.7. The second-order valence-corrected chi connectivity index (χ2v) is 7.46. The van der Waals surface area contributed by atoms with Gasteiger partial charge in [0.15, 0.2) is 0 Å². The van der Waals surface area contributed by atoms with Crippen LogP contribution in [0.25, 0.3) is 0 Å². The molecule has 3 nitrogen and oxygen atoms in total. The first-order valence-corrected chi connectivity index (χ1v) is 9.55. The third kappa shape index (κ3) is 5.91. The molecule has 0 heterocycles. The van der Waals surface area contributed by atoms with Crippen molar-refractivity contribution in [2.24, 2.45) is 11.8 Å². The van der Waals surface area contributed by atoms with E-state index in [-0.39, 0.29) is 5.97 Å². The number of esters is 1. The van der Waals surface area contributed by atoms with E-state index in [4.69, 9.17) is 4.74 Å². The van der Waals surface area contributed by atoms with Crippen LogP contribution in [0.1, 0.15) is 77.6 Å². The van der Waals surface area contributed by atoms with Gasteiger partial charge in [0.2, 0.25) is 0 Å². The van der Waals surface area contributed by atoms with Crippen LogP contribution in [0.4, 0.5) is 0 Å². The Morgan fingerprint density at radius 1 is 1.00 bits per heavy atom. The maximum absolute atomic E-state index is 11.4. The first-order chi connectivity index (χ1) is 10.7. The summed E-state index contributed by atoms with van der Waals surface area (Å²) < 4.78 is 5.03. The highest BCUT2D eigenvalue weighted by Crippen LogP contribution is 2.32. The van der Waals surface area contributed by atoms with Crippen LogP contribution in [0.2, 0.25) is 0 Å². The van der Waals surface area contributed by atoms with Gasteiger partial charge >= 0.3 is 5.97 Å². The van der Waals surface area contributed by atoms with Crippen molar-refractivity contribution in [3.05, 3.63) is 0 Å². The van der Waals surface area contributed by atoms with Crippen LogP contribution in [0.15, 0.2) is 0 Å². The average molecular weight is 309 g/mol. The fourth-order valence-electron chi connectivity index (χ4n) is 4.36. The monoisotopic (exact) mass is 309 g/mol. The number of rotatable bonds is 7. The quantitative estimate of drug-likeness (QED) is 0.653. The van der Waals surface area contributed by atoms with Crippen LogP contribution in [-0.4, -0.2) is 37.1 Å². The van der Waals surface area contributed by atoms with E-state index in [0.29, 0.717) is 13.0 Å². The summed E-state index contributed by atoms with van der Waals surface area (Å²) in [6.45, 7) is 3.70. The smallest absolute Gasteiger partial charge is 0.305 e. The second-order valence-electron chi connectivity index (χ2n) is 7.46. The molecule has 2 saturated carbocycles. The van der Waals surface area contributed by atoms with Gasteiger partial charge in [-0.25, -0.2) is 0 Å². The third-order valence-corrected chi connectivity index (χ3v) is 5.77. The normalized spacial score (nSPS) is 27.0. The van der Waals surface area contributed by atoms with Crippen molar-refractivity contribution in [1.29, 1.82) is 0 Å². The lowest BCUT2D eigenvalue weighted by atomic mass is 9.82. The van der Waals surface area contributed by atoms with Gasteiger partial charge in [0.05, 0.1) is 6.61 Å². The molecule has 2 aliphatic carbocycles. The summed E-state index contributed by atoms with van der Waals surface area (Å²) in [6.07, 6.45) is 14.1. The molecule has 0 radical (unpaired) electrons. The number of hydrogen-bond donors (Lipinski definition) is 0. The molecular weight excluding hydrogens is 274 g/mol. The molecule has 0 aromatic carbocycles. The fourth-order valence-corrected chi connectivity index (χ4v) is 4.36. The van der Waals surface area contributed by atoms with E-state index in [2.05, 4.69) is 11.9 Å². The number of nitrogens with zero attached hydrogens (tertiary/aromatic N) is 1. The predicted molar refractivity (Wildman–Crippen MR) is 90.8 cm³/mol. The molecule has 0 aromatic heterocycles. The van der Waals surface area contributed by atoms with Gasteiger partial charge in [0.25, 0.3) is 0 Å². The molecule has 0 amide bonds. The topological polar surface area (TPSA) is 29.5 Å². The Morgan fingerprint density at radius 3 is 2.32 bits per heavy atom. The Kier molecular flexibility index (Phi) is 7.71. The van der Waals surface area contributed by atoms with Gasteiger partial charge in [0, 0.05) is 19.0 Å². The van der Waals surface area contributed by atoms with Crippen LogP contribution in [-0.2, 0) is 9.53 Å². The summed E-state index contributed by atoms with van der Waals surface area (Å²) >= 11 is 0. The minimum absolute atomic E-state index is 0.0148. The summed E-state index contributed by atoms with van der Waals surface area (Å²) in [7, 11) is 2.33. The molecule has 0 spiro atoms. The molecule has 0 atom stereocenters. The lowest BCUT2D eigenvalue weighted by Crippen LogP contribution is -2.38. The molecule has 0 aromatic rings. The van der Waals surface area contributed by atoms with E-state index in [1.807, 2.05) is 6.92 Å². The lowest BCUT2D eigenvalue weighted by Gasteiger charge is -2.37. The second kappa shape index (κ2) is 9.54. The largest absolute Gasteiger partial charge is 0.466 e. The van der Waals surface area contributed by atoms with Crippen molar-refractivity contribution in [3.8, 4) is 0 Å². The van der Waals surface area contributed by atoms with Gasteiger partial charge < -0.3 is 9.64 Å². The third-order valence-electron chi connectivity index (χ3n) is 5.77. The molecular formula is C19H35NO2. The van der Waals surface area contributed by atoms with Crippen molar-refractivity contribution in [2.45, 2.75) is 83.6 Å². The zero-order chi connectivity index (χ0) is 15.8. The number of carbonyl (C=O) groups excluding carboxylic acids is 1. The van der Waals surface area contributed by atoms with Crippen molar-refractivity contribution in [3.63, 3.8) is 0 Å². The summed E-state index contributed by atoms with van der Waals surface area (Å²) in [5, 5.41) is 0. The summed E-state index contributed by atoms with van der Waals surface area (Å²) in [5.74, 6) is 1.67. The fraction of sp³-hybridized carbons (Fsp3) is 0.947. The number of carbonyl (C=O) groups is 1. The molecule has 128 valence electrons. The minimum Gasteiger partial charge on any atom is -0.466 e. The van der Waals surface area contributed by atoms with Crippen molar-refractivity contribution >= 4 is 5.97 Å². The highest BCUT2D eigenvalue weighted by Gasteiger charge is 2.26. The summed E-state index contributed by atoms with van der Waals surface area (Å²) in [4.78, 5) is 14.1. The summed E-state index contributed by atoms with van der Waals surface area (Å²) in [5.41, 5.74) is 0. The van der Waals surface area contributed by atoms with E-state index >= 15 is 0 Å². The van der Waals surface area contributed by atoms with Crippen LogP contribution < -0.4 is 0 Å². The average Bonchev–Trinajstić information content (AvgIpc) is 2.54. The molecule has 0 aliphatic heterocycles. The highest BCUT2D eigenvalue weighted by molar-refractivity contribution is 5.69. The van der Waals surface area contributed by atoms with Gasteiger partial charge in [-0.05, 0) is 70.8 Å². The van der Waals surface area contributed by atoms with E-state index in [1.54, 1.807) is 0 Å². The van der Waals surface area contributed by atoms with E-state index in [0.717, 1.165) is 24.3 Å². The number of hydrogen-bond acceptors (Lipinski definition) is 3. The van der Waals surface area contributed by atoms with Gasteiger partial charge in [-0.3, -0.25) is 4.79 Å². The zero-order valence-corrected chi connectivity index (χ0v) is 14.7. The van der Waals surface area contributed by atoms with Crippen LogP contribution >= 0.6 is 0 Å². The molecule has 2 fully saturated rings. The van der Waals surface area contributed by atoms with E-state index in [9.17, 15) is 4.79 Å². The first kappa shape index (κ1) is 17.8. The van der Waals surface area contributed by atoms with Gasteiger partial charge in [-0.1, -0.05) is 19.3 Å². The maximum Gasteiger partial charge on any atom is 0.305 e. The Bertz CT molecular complexity index is 317. The highest BCUT2D eigenvalue weighted by atomic mass is 16.5. The van der Waals surface area contributed by atoms with Crippen LogP contribution in [0.5, 0.6) is 0 Å². The van der Waals surface area contributed by atoms with Crippen molar-refractivity contribution in [2.75, 3.05) is 20.2 Å². The molecule has 0 N–H and O–H groups in total. The molecule has 3 heteroatoms. The van der Waals surface area contributed by atoms with Crippen molar-refractivity contribution < 1.29 is 9.53 Å². The summed E-state index contributed by atoms with van der Waals surface area (Å²) in [6, 6.07) is 0.778. The Morgan fingerprint density at radius 2 is 1.68 bits per heavy atom. The Labute approximate surface area is 136 Å². The molecule has 0 bridgehead atoms. The molecule has 2 rings (SSSR count). The van der Waals surface area contributed by atoms with Gasteiger partial charge in [-0.2, -0.15) is 0 Å². The number of ether oxygens (including phenoxy) is 1. The molecule has 0 unspecified atom stereocenters. The van der Waals surface area contributed by atoms with Crippen LogP contribution in [0.3, 0.4) is 0 Å². The first-order valence-electron chi connectivity index (χ1n) is 9.55. The molecule has 22 heavy (non-hydrogen) atoms. The molecule has 2 aliphatic rings. The minimum atomic E-state index is -0.0148. The SMILES string of the molecule is CCOC(=O)CCC1CCC(N(C)CC2CCCCC2)CC1. The lowest BCUT2D eigenvalue weighted by molar-refractivity contribution is -0.143. The van der Waals surface area contributed by atoms with E-state index < -0.39 is 0 Å². The van der Waals surface area contributed by atoms with Crippen molar-refractivity contribution in [1.82, 2.24) is 4.90 Å². The molecule has 0 saturated heterocycles. The Hall–Kier alpha value is -0.570. The maximum atomic E-state index is 11.4. The van der Waals surface area contributed by atoms with E-state index in [1.165, 1.54) is 64.3 Å². The van der Waals surface area contributed by atoms with Crippen LogP contribution in [0, 0.1) is 11.8 Å². The van der Waals surface area contributed by atoms with Gasteiger partial charge in [-0.15, -0.1) is 0 Å². The standard InChI is InChI=1S/C19H35NO2/c1-3-22-19(21)14-11-16-9-12-18(13-10-16)20(2)15-17-7-5-4-6-8-17/h16-18H,3-15H2,1-2H3.